The molecule has 0 spiro atoms. The van der Waals surface area contributed by atoms with Crippen LogP contribution in [-0.2, 0) is 9.53 Å². The van der Waals surface area contributed by atoms with Crippen molar-refractivity contribution >= 4 is 11.8 Å². The first-order valence-corrected chi connectivity index (χ1v) is 8.48. The Labute approximate surface area is 139 Å². The number of nitrogens with two attached hydrogens (primary N) is 1. The maximum atomic E-state index is 11.4. The van der Waals surface area contributed by atoms with Gasteiger partial charge in [-0.05, 0) is 64.6 Å². The third kappa shape index (κ3) is 4.67. The monoisotopic (exact) mass is 319 g/mol. The normalized spacial score (nSPS) is 28.1. The van der Waals surface area contributed by atoms with Crippen LogP contribution < -0.4 is 5.73 Å². The van der Waals surface area contributed by atoms with Gasteiger partial charge in [-0.3, -0.25) is 10.2 Å². The molecular formula is C18H29N3O2. The average molecular weight is 319 g/mol. The van der Waals surface area contributed by atoms with Crippen molar-refractivity contribution in [3.8, 4) is 0 Å². The molecule has 5 heteroatoms. The van der Waals surface area contributed by atoms with Crippen molar-refractivity contribution in [2.45, 2.75) is 57.1 Å². The van der Waals surface area contributed by atoms with Gasteiger partial charge in [0.25, 0.3) is 0 Å². The van der Waals surface area contributed by atoms with Crippen LogP contribution in [0.2, 0.25) is 0 Å². The highest BCUT2D eigenvalue weighted by Crippen LogP contribution is 2.30. The lowest BCUT2D eigenvalue weighted by molar-refractivity contribution is -0.122. The van der Waals surface area contributed by atoms with Gasteiger partial charge < -0.3 is 15.4 Å². The predicted octanol–water partition coefficient (Wildman–Crippen LogP) is 2.62. The lowest BCUT2D eigenvalue weighted by Crippen LogP contribution is -2.35. The lowest BCUT2D eigenvalue weighted by atomic mass is 9.85. The van der Waals surface area contributed by atoms with Crippen LogP contribution in [0.15, 0.2) is 23.8 Å². The number of ether oxygens (including phenoxy) is 1. The van der Waals surface area contributed by atoms with E-state index in [0.29, 0.717) is 18.0 Å². The van der Waals surface area contributed by atoms with E-state index in [9.17, 15) is 4.79 Å². The van der Waals surface area contributed by atoms with E-state index in [1.807, 2.05) is 0 Å². The van der Waals surface area contributed by atoms with Gasteiger partial charge in [0.2, 0.25) is 11.8 Å². The van der Waals surface area contributed by atoms with Gasteiger partial charge in [0.05, 0.1) is 0 Å². The maximum Gasteiger partial charge on any atom is 0.220 e. The van der Waals surface area contributed by atoms with Gasteiger partial charge in [-0.2, -0.15) is 0 Å². The molecule has 1 fully saturated rings. The number of carbonyl (C=O) groups excluding carboxylic acids is 1. The molecule has 128 valence electrons. The van der Waals surface area contributed by atoms with Crippen LogP contribution in [0.5, 0.6) is 0 Å². The Balaban J connectivity index is 1.85. The van der Waals surface area contributed by atoms with E-state index >= 15 is 0 Å². The maximum absolute atomic E-state index is 11.4. The molecule has 0 unspecified atom stereocenters. The number of primary amides is 1. The van der Waals surface area contributed by atoms with E-state index in [1.165, 1.54) is 0 Å². The summed E-state index contributed by atoms with van der Waals surface area (Å²) in [6.07, 6.45) is 8.48. The van der Waals surface area contributed by atoms with E-state index < -0.39 is 0 Å². The van der Waals surface area contributed by atoms with Gasteiger partial charge in [0.1, 0.15) is 6.10 Å². The van der Waals surface area contributed by atoms with Crippen molar-refractivity contribution in [1.29, 1.82) is 5.41 Å². The molecule has 2 aliphatic carbocycles. The summed E-state index contributed by atoms with van der Waals surface area (Å²) in [5.74, 6) is -0.261. The van der Waals surface area contributed by atoms with Crippen LogP contribution >= 0.6 is 0 Å². The summed E-state index contributed by atoms with van der Waals surface area (Å²) < 4.78 is 5.84. The molecular weight excluding hydrogens is 290 g/mol. The van der Waals surface area contributed by atoms with Crippen molar-refractivity contribution in [3.05, 3.63) is 23.8 Å². The van der Waals surface area contributed by atoms with Crippen LogP contribution in [0.3, 0.4) is 0 Å². The van der Waals surface area contributed by atoms with Crippen LogP contribution in [0.1, 0.15) is 44.9 Å². The van der Waals surface area contributed by atoms with Crippen molar-refractivity contribution < 1.29 is 9.53 Å². The zero-order valence-corrected chi connectivity index (χ0v) is 14.3. The minimum absolute atomic E-state index is 0.103. The first-order valence-electron chi connectivity index (χ1n) is 8.48. The summed E-state index contributed by atoms with van der Waals surface area (Å²) in [4.78, 5) is 13.6. The van der Waals surface area contributed by atoms with Crippen molar-refractivity contribution in [3.63, 3.8) is 0 Å². The minimum atomic E-state index is -0.266. The Morgan fingerprint density at radius 2 is 1.96 bits per heavy atom. The first kappa shape index (κ1) is 17.7. The molecule has 0 aromatic heterocycles. The molecule has 0 radical (unpaired) electrons. The first-order chi connectivity index (χ1) is 10.9. The number of nitrogens with one attached hydrogen (secondary N) is 1. The Morgan fingerprint density at radius 3 is 2.52 bits per heavy atom. The minimum Gasteiger partial charge on any atom is -0.474 e. The highest BCUT2D eigenvalue weighted by molar-refractivity contribution is 5.95. The van der Waals surface area contributed by atoms with Crippen molar-refractivity contribution in [2.24, 2.45) is 11.7 Å². The summed E-state index contributed by atoms with van der Waals surface area (Å²) in [5, 5.41) is 8.19. The van der Waals surface area contributed by atoms with Gasteiger partial charge >= 0.3 is 0 Å². The zero-order valence-electron chi connectivity index (χ0n) is 14.3. The molecule has 5 nitrogen and oxygen atoms in total. The number of hydrogen-bond donors (Lipinski definition) is 2. The fourth-order valence-electron chi connectivity index (χ4n) is 3.46. The SMILES string of the molecule is C=C(C(=N)O[C@H]1CC[C@H](N(C)C)CC1)C1=CCC[C@H](C(N)=O)C1. The Bertz CT molecular complexity index is 502. The number of rotatable bonds is 5. The van der Waals surface area contributed by atoms with Gasteiger partial charge in [-0.25, -0.2) is 0 Å². The molecule has 0 aliphatic heterocycles. The summed E-state index contributed by atoms with van der Waals surface area (Å²) in [6.45, 7) is 4.00. The summed E-state index contributed by atoms with van der Waals surface area (Å²) in [5.41, 5.74) is 6.95. The fraction of sp³-hybridized carbons (Fsp3) is 0.667. The van der Waals surface area contributed by atoms with Gasteiger partial charge in [0, 0.05) is 17.5 Å². The molecule has 3 N–H and O–H groups in total. The second-order valence-corrected chi connectivity index (χ2v) is 6.93. The van der Waals surface area contributed by atoms with E-state index in [-0.39, 0.29) is 23.8 Å². The van der Waals surface area contributed by atoms with Crippen molar-refractivity contribution in [2.75, 3.05) is 14.1 Å². The Morgan fingerprint density at radius 1 is 1.30 bits per heavy atom. The molecule has 1 atom stereocenters. The summed E-state index contributed by atoms with van der Waals surface area (Å²) in [7, 11) is 4.22. The molecule has 2 aliphatic rings. The van der Waals surface area contributed by atoms with Crippen LogP contribution in [0.4, 0.5) is 0 Å². The molecule has 23 heavy (non-hydrogen) atoms. The number of nitrogens with zero attached hydrogens (tertiary/aromatic N) is 1. The largest absolute Gasteiger partial charge is 0.474 e. The summed E-state index contributed by atoms with van der Waals surface area (Å²) in [6, 6.07) is 0.615. The number of hydrogen-bond acceptors (Lipinski definition) is 4. The molecule has 2 rings (SSSR count). The van der Waals surface area contributed by atoms with E-state index in [4.69, 9.17) is 15.9 Å². The third-order valence-electron chi connectivity index (χ3n) is 5.09. The zero-order chi connectivity index (χ0) is 17.0. The fourth-order valence-corrected chi connectivity index (χ4v) is 3.46. The summed E-state index contributed by atoms with van der Waals surface area (Å²) >= 11 is 0. The van der Waals surface area contributed by atoms with Gasteiger partial charge in [0.15, 0.2) is 0 Å². The Hall–Kier alpha value is -1.62. The quantitative estimate of drug-likeness (QED) is 0.604. The second kappa shape index (κ2) is 7.77. The van der Waals surface area contributed by atoms with E-state index in [1.54, 1.807) is 0 Å². The molecule has 0 bridgehead atoms. The molecule has 0 aromatic carbocycles. The molecule has 0 saturated heterocycles. The lowest BCUT2D eigenvalue weighted by Gasteiger charge is -2.33. The Kier molecular flexibility index (Phi) is 5.99. The molecule has 1 amide bonds. The molecule has 1 saturated carbocycles. The van der Waals surface area contributed by atoms with Crippen LogP contribution in [0.25, 0.3) is 0 Å². The van der Waals surface area contributed by atoms with Gasteiger partial charge in [-0.1, -0.05) is 12.7 Å². The standard InChI is InChI=1S/C18H29N3O2/c1-12(13-5-4-6-14(11-13)17(19)22)18(20)23-16-9-7-15(8-10-16)21(2)3/h5,14-16,20H,1,4,6-11H2,2-3H3,(H2,19,22)/t14-,15-,16-/m0/s1. The van der Waals surface area contributed by atoms with Gasteiger partial charge in [-0.15, -0.1) is 0 Å². The van der Waals surface area contributed by atoms with Crippen LogP contribution in [-0.4, -0.2) is 42.9 Å². The van der Waals surface area contributed by atoms with E-state index in [0.717, 1.165) is 44.1 Å². The highest BCUT2D eigenvalue weighted by atomic mass is 16.5. The topological polar surface area (TPSA) is 79.4 Å². The van der Waals surface area contributed by atoms with E-state index in [2.05, 4.69) is 31.7 Å². The van der Waals surface area contributed by atoms with Crippen LogP contribution in [0, 0.1) is 11.3 Å². The number of allylic oxidation sites excluding steroid dienone is 1. The smallest absolute Gasteiger partial charge is 0.220 e. The third-order valence-corrected chi connectivity index (χ3v) is 5.09. The predicted molar refractivity (Wildman–Crippen MR) is 92.3 cm³/mol. The average Bonchev–Trinajstić information content (AvgIpc) is 2.54. The second-order valence-electron chi connectivity index (χ2n) is 6.93. The number of carbonyl (C=O) groups is 1. The highest BCUT2D eigenvalue weighted by Gasteiger charge is 2.27. The van der Waals surface area contributed by atoms with Crippen molar-refractivity contribution in [1.82, 2.24) is 4.90 Å². The molecule has 0 heterocycles. The number of amides is 1. The molecule has 0 aromatic rings.